The van der Waals surface area contributed by atoms with Crippen LogP contribution in [-0.4, -0.2) is 87.1 Å². The number of carbonyl (C=O) groups is 2. The van der Waals surface area contributed by atoms with E-state index in [4.69, 9.17) is 9.47 Å². The van der Waals surface area contributed by atoms with Crippen molar-refractivity contribution in [3.63, 3.8) is 0 Å². The van der Waals surface area contributed by atoms with Crippen LogP contribution in [0.4, 0.5) is 22.2 Å². The molecule has 0 aliphatic rings. The number of nitrogens with one attached hydrogen (secondary N) is 3. The molecule has 3 aromatic heterocycles. The van der Waals surface area contributed by atoms with Crippen LogP contribution in [-0.2, 0) is 20.8 Å². The molecule has 0 fully saturated rings. The molecule has 0 aliphatic heterocycles. The fourth-order valence-corrected chi connectivity index (χ4v) is 3.78. The van der Waals surface area contributed by atoms with Crippen molar-refractivity contribution in [3.05, 3.63) is 30.2 Å². The van der Waals surface area contributed by atoms with Crippen molar-refractivity contribution in [3.8, 4) is 11.8 Å². The van der Waals surface area contributed by atoms with Crippen LogP contribution in [0.25, 0.3) is 11.0 Å². The van der Waals surface area contributed by atoms with Crippen molar-refractivity contribution in [1.29, 1.82) is 0 Å². The van der Waals surface area contributed by atoms with Gasteiger partial charge in [-0.05, 0) is 46.6 Å². The number of pyridine rings is 1. The van der Waals surface area contributed by atoms with E-state index in [2.05, 4.69) is 54.8 Å². The number of methoxy groups -OCH3 is 1. The van der Waals surface area contributed by atoms with Crippen LogP contribution in [0.3, 0.4) is 0 Å². The molecule has 3 aromatic rings. The van der Waals surface area contributed by atoms with Gasteiger partial charge in [0.05, 0.1) is 43.0 Å². The van der Waals surface area contributed by atoms with Gasteiger partial charge in [-0.25, -0.2) is 19.4 Å². The Hall–Kier alpha value is -4.44. The smallest absolute Gasteiger partial charge is 0.410 e. The van der Waals surface area contributed by atoms with Crippen LogP contribution >= 0.6 is 0 Å². The minimum atomic E-state index is -0.659. The molecule has 43 heavy (non-hydrogen) atoms. The number of amides is 2. The van der Waals surface area contributed by atoms with Gasteiger partial charge in [-0.1, -0.05) is 18.8 Å². The second-order valence-electron chi connectivity index (χ2n) is 11.0. The van der Waals surface area contributed by atoms with Crippen LogP contribution in [0.1, 0.15) is 59.4 Å². The van der Waals surface area contributed by atoms with Gasteiger partial charge in [-0.2, -0.15) is 10.1 Å². The van der Waals surface area contributed by atoms with Crippen LogP contribution in [0.15, 0.2) is 24.7 Å². The van der Waals surface area contributed by atoms with E-state index >= 15 is 0 Å². The lowest BCUT2D eigenvalue weighted by Crippen LogP contribution is -2.47. The molecule has 0 bridgehead atoms. The summed E-state index contributed by atoms with van der Waals surface area (Å²) in [7, 11) is 3.20. The molecule has 3 rings (SSSR count). The lowest BCUT2D eigenvalue weighted by molar-refractivity contribution is -0.125. The Bertz CT molecular complexity index is 1440. The van der Waals surface area contributed by atoms with Gasteiger partial charge in [-0.15, -0.1) is 0 Å². The molecule has 0 radical (unpaired) electrons. The highest BCUT2D eigenvalue weighted by Crippen LogP contribution is 2.20. The van der Waals surface area contributed by atoms with Gasteiger partial charge in [0.15, 0.2) is 5.65 Å². The minimum Gasteiger partial charge on any atom is -0.444 e. The van der Waals surface area contributed by atoms with Crippen LogP contribution < -0.4 is 16.0 Å². The molecule has 0 saturated carbocycles. The Balaban J connectivity index is 1.56. The number of anilines is 3. The third kappa shape index (κ3) is 10.1. The Kier molecular flexibility index (Phi) is 12.1. The molecule has 0 unspecified atom stereocenters. The Morgan fingerprint density at radius 1 is 1.16 bits per heavy atom. The average Bonchev–Trinajstić information content (AvgIpc) is 3.37. The Morgan fingerprint density at radius 3 is 2.67 bits per heavy atom. The molecule has 0 saturated heterocycles. The van der Waals surface area contributed by atoms with Gasteiger partial charge in [0.25, 0.3) is 0 Å². The van der Waals surface area contributed by atoms with Crippen molar-refractivity contribution in [1.82, 2.24) is 34.9 Å². The summed E-state index contributed by atoms with van der Waals surface area (Å²) < 4.78 is 12.3. The first-order valence-electron chi connectivity index (χ1n) is 14.4. The Morgan fingerprint density at radius 2 is 1.95 bits per heavy atom. The van der Waals surface area contributed by atoms with Crippen LogP contribution in [0.2, 0.25) is 0 Å². The van der Waals surface area contributed by atoms with E-state index in [-0.39, 0.29) is 5.91 Å². The van der Waals surface area contributed by atoms with E-state index in [1.807, 2.05) is 6.07 Å². The molecule has 0 aliphatic carbocycles. The first kappa shape index (κ1) is 33.1. The number of ether oxygens (including phenoxy) is 2. The third-order valence-electron chi connectivity index (χ3n) is 6.21. The molecular formula is C30H43N9O4. The van der Waals surface area contributed by atoms with Gasteiger partial charge in [-0.3, -0.25) is 9.69 Å². The first-order chi connectivity index (χ1) is 20.5. The molecule has 3 N–H and O–H groups in total. The number of unbranched alkanes of at least 4 members (excludes halogenated alkanes) is 1. The van der Waals surface area contributed by atoms with E-state index in [1.165, 1.54) is 4.90 Å². The molecule has 0 aromatic carbocycles. The summed E-state index contributed by atoms with van der Waals surface area (Å²) in [5, 5.41) is 14.7. The first-order valence-corrected chi connectivity index (χ1v) is 14.4. The number of nitrogens with zero attached hydrogens (tertiary/aromatic N) is 6. The normalized spacial score (nSPS) is 11.8. The van der Waals surface area contributed by atoms with Crippen molar-refractivity contribution < 1.29 is 19.1 Å². The fraction of sp³-hybridized carbons (Fsp3) is 0.533. The number of rotatable bonds is 13. The maximum absolute atomic E-state index is 12.5. The summed E-state index contributed by atoms with van der Waals surface area (Å²) >= 11 is 0. The van der Waals surface area contributed by atoms with Gasteiger partial charge in [0.1, 0.15) is 17.5 Å². The zero-order valence-corrected chi connectivity index (χ0v) is 26.2. The lowest BCUT2D eigenvalue weighted by atomic mass is 10.2. The van der Waals surface area contributed by atoms with Gasteiger partial charge in [0.2, 0.25) is 11.9 Å². The minimum absolute atomic E-state index is 0.252. The summed E-state index contributed by atoms with van der Waals surface area (Å²) in [5.74, 6) is 7.09. The molecule has 3 heterocycles. The van der Waals surface area contributed by atoms with Gasteiger partial charge in [0, 0.05) is 39.1 Å². The number of likely N-dealkylation sites (N-methyl/N-ethyl adjacent to an activating group) is 1. The average molecular weight is 594 g/mol. The molecule has 13 heteroatoms. The molecule has 232 valence electrons. The topological polar surface area (TPSA) is 148 Å². The van der Waals surface area contributed by atoms with Crippen molar-refractivity contribution >= 4 is 40.5 Å². The highest BCUT2D eigenvalue weighted by atomic mass is 16.6. The predicted molar refractivity (Wildman–Crippen MR) is 166 cm³/mol. The number of hydrogen-bond acceptors (Lipinski definition) is 10. The van der Waals surface area contributed by atoms with Crippen LogP contribution in [0.5, 0.6) is 0 Å². The monoisotopic (exact) mass is 593 g/mol. The summed E-state index contributed by atoms with van der Waals surface area (Å²) in [6.45, 7) is 11.4. The van der Waals surface area contributed by atoms with E-state index < -0.39 is 17.7 Å². The molecule has 13 nitrogen and oxygen atoms in total. The van der Waals surface area contributed by atoms with E-state index in [0.29, 0.717) is 49.9 Å². The number of fused-ring (bicyclic) bond motifs is 1. The molecular weight excluding hydrogens is 550 g/mol. The third-order valence-corrected chi connectivity index (χ3v) is 6.21. The summed E-state index contributed by atoms with van der Waals surface area (Å²) in [4.78, 5) is 39.6. The number of hydrogen-bond donors (Lipinski definition) is 3. The predicted octanol–water partition coefficient (Wildman–Crippen LogP) is 3.94. The van der Waals surface area contributed by atoms with Crippen molar-refractivity contribution in [2.45, 2.75) is 72.1 Å². The van der Waals surface area contributed by atoms with Gasteiger partial charge < -0.3 is 25.4 Å². The zero-order valence-electron chi connectivity index (χ0n) is 26.2. The SMILES string of the molecule is CCCNc1nc(Nc2cnc3c(cnn3CCOC)c2)ncc1C#CCCCNC(=O)[C@H](C)N(C)C(=O)OC(C)(C)C. The summed E-state index contributed by atoms with van der Waals surface area (Å²) in [6, 6.07) is 1.29. The van der Waals surface area contributed by atoms with Crippen molar-refractivity contribution in [2.24, 2.45) is 0 Å². The summed E-state index contributed by atoms with van der Waals surface area (Å²) in [5.41, 5.74) is 1.58. The van der Waals surface area contributed by atoms with E-state index in [9.17, 15) is 9.59 Å². The molecule has 2 amide bonds. The zero-order chi connectivity index (χ0) is 31.4. The number of aromatic nitrogens is 5. The maximum Gasteiger partial charge on any atom is 0.410 e. The highest BCUT2D eigenvalue weighted by molar-refractivity contribution is 5.85. The second kappa shape index (κ2) is 15.7. The maximum atomic E-state index is 12.5. The second-order valence-corrected chi connectivity index (χ2v) is 11.0. The molecule has 1 atom stereocenters. The highest BCUT2D eigenvalue weighted by Gasteiger charge is 2.26. The van der Waals surface area contributed by atoms with E-state index in [1.54, 1.807) is 65.1 Å². The van der Waals surface area contributed by atoms with Crippen LogP contribution in [0, 0.1) is 11.8 Å². The number of carbonyl (C=O) groups excluding carboxylic acids is 2. The van der Waals surface area contributed by atoms with E-state index in [0.717, 1.165) is 29.7 Å². The van der Waals surface area contributed by atoms with Gasteiger partial charge >= 0.3 is 6.09 Å². The Labute approximate surface area is 253 Å². The standard InChI is InChI=1S/C30H43N9O4/c1-8-13-31-25-22(12-10-9-11-14-32-27(40)21(2)38(6)29(41)43-30(3,4)5)18-34-28(37-25)36-24-17-23-19-35-39(15-16-42-7)26(23)33-20-24/h17-21H,8-9,11,13-16H2,1-7H3,(H,32,40)(H2,31,34,36,37)/t21-/m0/s1. The van der Waals surface area contributed by atoms with Crippen molar-refractivity contribution in [2.75, 3.05) is 44.5 Å². The lowest BCUT2D eigenvalue weighted by Gasteiger charge is -2.28. The quantitative estimate of drug-likeness (QED) is 0.197. The molecule has 0 spiro atoms. The fourth-order valence-electron chi connectivity index (χ4n) is 3.78. The largest absolute Gasteiger partial charge is 0.444 e. The summed E-state index contributed by atoms with van der Waals surface area (Å²) in [6.07, 6.45) is 6.77.